The lowest BCUT2D eigenvalue weighted by Gasteiger charge is -2.28. The summed E-state index contributed by atoms with van der Waals surface area (Å²) in [6.45, 7) is 0. The fourth-order valence-electron chi connectivity index (χ4n) is 8.47. The smallest absolute Gasteiger partial charge is 0.145 e. The highest BCUT2D eigenvalue weighted by molar-refractivity contribution is 6.20. The molecular weight excluding hydrogens is 671 g/mol. The van der Waals surface area contributed by atoms with Crippen LogP contribution in [0.25, 0.3) is 83.3 Å². The summed E-state index contributed by atoms with van der Waals surface area (Å²) in [6, 6.07) is 62.6. The fourth-order valence-corrected chi connectivity index (χ4v) is 8.47. The molecule has 260 valence electrons. The van der Waals surface area contributed by atoms with E-state index in [-0.39, 0.29) is 0 Å². The van der Waals surface area contributed by atoms with Crippen LogP contribution >= 0.6 is 0 Å². The Labute approximate surface area is 319 Å². The van der Waals surface area contributed by atoms with Gasteiger partial charge in [0.15, 0.2) is 0 Å². The molecular formula is C52H35NO2. The Bertz CT molecular complexity index is 3080. The molecule has 0 fully saturated rings. The van der Waals surface area contributed by atoms with Crippen LogP contribution in [0.4, 0.5) is 17.1 Å². The van der Waals surface area contributed by atoms with Gasteiger partial charge >= 0.3 is 0 Å². The van der Waals surface area contributed by atoms with Gasteiger partial charge in [0.05, 0.1) is 22.1 Å². The van der Waals surface area contributed by atoms with E-state index in [1.54, 1.807) is 0 Å². The van der Waals surface area contributed by atoms with Crippen LogP contribution in [0.5, 0.6) is 0 Å². The molecule has 0 unspecified atom stereocenters. The predicted molar refractivity (Wildman–Crippen MR) is 229 cm³/mol. The van der Waals surface area contributed by atoms with Crippen LogP contribution in [-0.2, 0) is 6.42 Å². The molecule has 1 aliphatic carbocycles. The van der Waals surface area contributed by atoms with Crippen molar-refractivity contribution in [3.05, 3.63) is 193 Å². The van der Waals surface area contributed by atoms with Crippen molar-refractivity contribution in [1.82, 2.24) is 0 Å². The maximum absolute atomic E-state index is 7.00. The van der Waals surface area contributed by atoms with Crippen LogP contribution in [0.1, 0.15) is 17.5 Å². The first-order chi connectivity index (χ1) is 27.3. The third-order valence-corrected chi connectivity index (χ3v) is 11.1. The maximum atomic E-state index is 7.00. The van der Waals surface area contributed by atoms with Crippen LogP contribution < -0.4 is 4.90 Å². The molecule has 1 aliphatic rings. The normalized spacial score (nSPS) is 12.5. The third-order valence-electron chi connectivity index (χ3n) is 11.1. The minimum Gasteiger partial charge on any atom is -0.456 e. The molecule has 3 nitrogen and oxygen atoms in total. The Kier molecular flexibility index (Phi) is 7.31. The maximum Gasteiger partial charge on any atom is 0.145 e. The number of anilines is 3. The van der Waals surface area contributed by atoms with E-state index in [0.717, 1.165) is 107 Å². The fraction of sp³-hybridized carbons (Fsp3) is 0.0385. The molecule has 3 heteroatoms. The number of aryl methyl sites for hydroxylation is 1. The quantitative estimate of drug-likeness (QED) is 0.172. The zero-order valence-corrected chi connectivity index (χ0v) is 30.1. The van der Waals surface area contributed by atoms with Crippen molar-refractivity contribution in [2.24, 2.45) is 0 Å². The summed E-state index contributed by atoms with van der Waals surface area (Å²) in [5, 5.41) is 4.31. The second-order valence-electron chi connectivity index (χ2n) is 14.4. The largest absolute Gasteiger partial charge is 0.456 e. The van der Waals surface area contributed by atoms with Gasteiger partial charge in [-0.3, -0.25) is 0 Å². The highest BCUT2D eigenvalue weighted by Crippen LogP contribution is 2.49. The molecule has 0 saturated carbocycles. The topological polar surface area (TPSA) is 29.5 Å². The molecule has 0 saturated heterocycles. The van der Waals surface area contributed by atoms with Crippen LogP contribution in [0.3, 0.4) is 0 Å². The first-order valence-electron chi connectivity index (χ1n) is 19.0. The number of hydrogen-bond donors (Lipinski definition) is 0. The van der Waals surface area contributed by atoms with E-state index in [1.807, 2.05) is 0 Å². The number of furan rings is 2. The summed E-state index contributed by atoms with van der Waals surface area (Å²) in [6.07, 6.45) is 6.57. The van der Waals surface area contributed by atoms with Crippen molar-refractivity contribution in [1.29, 1.82) is 0 Å². The lowest BCUT2D eigenvalue weighted by Crippen LogP contribution is -2.12. The number of hydrogen-bond acceptors (Lipinski definition) is 3. The summed E-state index contributed by atoms with van der Waals surface area (Å²) in [7, 11) is 0. The van der Waals surface area contributed by atoms with Gasteiger partial charge in [0, 0.05) is 22.0 Å². The molecule has 0 bridgehead atoms. The summed E-state index contributed by atoms with van der Waals surface area (Å²) in [4.78, 5) is 2.43. The molecule has 2 heterocycles. The number of benzene rings is 8. The number of rotatable bonds is 6. The van der Waals surface area contributed by atoms with Gasteiger partial charge in [0.2, 0.25) is 0 Å². The Morgan fingerprint density at radius 2 is 1.07 bits per heavy atom. The molecule has 0 spiro atoms. The summed E-state index contributed by atoms with van der Waals surface area (Å²) in [5.41, 5.74) is 16.0. The molecule has 8 aromatic carbocycles. The van der Waals surface area contributed by atoms with Crippen molar-refractivity contribution >= 4 is 67.0 Å². The zero-order chi connectivity index (χ0) is 36.3. The zero-order valence-electron chi connectivity index (χ0n) is 30.1. The van der Waals surface area contributed by atoms with Crippen molar-refractivity contribution in [3.63, 3.8) is 0 Å². The minimum absolute atomic E-state index is 0.852. The van der Waals surface area contributed by atoms with Crippen LogP contribution in [0.2, 0.25) is 0 Å². The van der Waals surface area contributed by atoms with Gasteiger partial charge in [-0.2, -0.15) is 0 Å². The van der Waals surface area contributed by atoms with E-state index in [1.165, 1.54) is 11.1 Å². The average molecular weight is 706 g/mol. The van der Waals surface area contributed by atoms with Crippen molar-refractivity contribution in [2.75, 3.05) is 4.90 Å². The third kappa shape index (κ3) is 5.27. The standard InChI is InChI=1S/C52H35NO2/c1-4-13-34(14-5-1)39-24-27-43-48(32-39)54-47-22-12-21-45(50(43)47)53(41-26-23-36-17-10-11-20-38(36)31-41)46-30-29-42(37-18-8-3-9-19-37)52-51(46)44-28-25-40(33-49(44)55-52)35-15-6-2-7-16-35/h1-10,12-19,21-33H,11,20H2. The van der Waals surface area contributed by atoms with Gasteiger partial charge in [-0.15, -0.1) is 0 Å². The molecule has 55 heavy (non-hydrogen) atoms. The molecule has 0 radical (unpaired) electrons. The Hall–Kier alpha value is -7.10. The molecule has 11 rings (SSSR count). The van der Waals surface area contributed by atoms with Gasteiger partial charge in [-0.1, -0.05) is 127 Å². The molecule has 0 aliphatic heterocycles. The van der Waals surface area contributed by atoms with Crippen LogP contribution in [0, 0.1) is 0 Å². The van der Waals surface area contributed by atoms with E-state index >= 15 is 0 Å². The van der Waals surface area contributed by atoms with Gasteiger partial charge in [0.25, 0.3) is 0 Å². The van der Waals surface area contributed by atoms with E-state index in [9.17, 15) is 0 Å². The van der Waals surface area contributed by atoms with E-state index < -0.39 is 0 Å². The van der Waals surface area contributed by atoms with Crippen LogP contribution in [-0.4, -0.2) is 0 Å². The molecule has 0 N–H and O–H groups in total. The second-order valence-corrected chi connectivity index (χ2v) is 14.4. The summed E-state index contributed by atoms with van der Waals surface area (Å²) < 4.78 is 13.7. The summed E-state index contributed by atoms with van der Waals surface area (Å²) in [5.74, 6) is 0. The van der Waals surface area contributed by atoms with Gasteiger partial charge in [0.1, 0.15) is 22.3 Å². The Morgan fingerprint density at radius 3 is 1.78 bits per heavy atom. The molecule has 2 aromatic heterocycles. The van der Waals surface area contributed by atoms with Crippen molar-refractivity contribution in [3.8, 4) is 33.4 Å². The number of nitrogens with zero attached hydrogens (tertiary/aromatic N) is 1. The monoisotopic (exact) mass is 705 g/mol. The molecule has 0 amide bonds. The van der Waals surface area contributed by atoms with Crippen molar-refractivity contribution < 1.29 is 8.83 Å². The predicted octanol–water partition coefficient (Wildman–Crippen LogP) is 14.9. The van der Waals surface area contributed by atoms with Crippen LogP contribution in [0.15, 0.2) is 191 Å². The van der Waals surface area contributed by atoms with Gasteiger partial charge in [-0.05, 0) is 112 Å². The van der Waals surface area contributed by atoms with Gasteiger partial charge in [-0.25, -0.2) is 0 Å². The number of allylic oxidation sites excluding steroid dienone is 1. The Morgan fingerprint density at radius 1 is 0.436 bits per heavy atom. The average Bonchev–Trinajstić information content (AvgIpc) is 3.83. The highest BCUT2D eigenvalue weighted by atomic mass is 16.3. The highest BCUT2D eigenvalue weighted by Gasteiger charge is 2.26. The Balaban J connectivity index is 1.20. The number of fused-ring (bicyclic) bond motifs is 7. The van der Waals surface area contributed by atoms with Crippen molar-refractivity contribution in [2.45, 2.75) is 12.8 Å². The lowest BCUT2D eigenvalue weighted by atomic mass is 9.95. The molecule has 0 atom stereocenters. The second kappa shape index (κ2) is 12.8. The van der Waals surface area contributed by atoms with E-state index in [4.69, 9.17) is 8.83 Å². The first-order valence-corrected chi connectivity index (χ1v) is 19.0. The first kappa shape index (κ1) is 31.4. The SMILES string of the molecule is C1=Cc2ccc(N(c3cccc4oc5cc(-c6ccccc6)ccc5c34)c3ccc(-c4ccccc4)c4oc5cc(-c6ccccc6)ccc5c34)cc2CC1. The lowest BCUT2D eigenvalue weighted by molar-refractivity contribution is 0.669. The molecule has 10 aromatic rings. The summed E-state index contributed by atoms with van der Waals surface area (Å²) >= 11 is 0. The van der Waals surface area contributed by atoms with Gasteiger partial charge < -0.3 is 13.7 Å². The van der Waals surface area contributed by atoms with E-state index in [0.29, 0.717) is 0 Å². The van der Waals surface area contributed by atoms with E-state index in [2.05, 4.69) is 193 Å². The minimum atomic E-state index is 0.852.